The van der Waals surface area contributed by atoms with Crippen LogP contribution >= 0.6 is 0 Å². The van der Waals surface area contributed by atoms with Gasteiger partial charge in [0.25, 0.3) is 0 Å². The Hall–Kier alpha value is -0.953. The maximum atomic E-state index is 12.4. The summed E-state index contributed by atoms with van der Waals surface area (Å²) in [4.78, 5) is 12.4. The second kappa shape index (κ2) is 7.74. The fourth-order valence-electron chi connectivity index (χ4n) is 3.14. The Balaban J connectivity index is 2.31. The van der Waals surface area contributed by atoms with E-state index in [2.05, 4.69) is 47.0 Å². The molecular weight excluding hydrogens is 336 g/mol. The van der Waals surface area contributed by atoms with Crippen LogP contribution in [0.3, 0.4) is 0 Å². The van der Waals surface area contributed by atoms with Gasteiger partial charge in [-0.25, -0.2) is 0 Å². The van der Waals surface area contributed by atoms with Crippen molar-refractivity contribution in [3.63, 3.8) is 0 Å². The lowest BCUT2D eigenvalue weighted by Gasteiger charge is -2.45. The number of carbonyl (C=O) groups is 1. The molecule has 0 aromatic carbocycles. The van der Waals surface area contributed by atoms with Crippen molar-refractivity contribution >= 4 is 14.3 Å². The Morgan fingerprint density at radius 1 is 1.12 bits per heavy atom. The summed E-state index contributed by atoms with van der Waals surface area (Å²) >= 11 is 0. The first-order chi connectivity index (χ1) is 11.6. The van der Waals surface area contributed by atoms with E-state index in [0.717, 1.165) is 0 Å². The molecule has 2 rings (SSSR count). The van der Waals surface area contributed by atoms with E-state index < -0.39 is 8.32 Å². The van der Waals surface area contributed by atoms with Crippen LogP contribution in [0.1, 0.15) is 27.2 Å². The molecular formula is C19H32O5Si. The van der Waals surface area contributed by atoms with E-state index >= 15 is 0 Å². The number of hydrogen-bond donors (Lipinski definition) is 0. The molecule has 1 saturated carbocycles. The van der Waals surface area contributed by atoms with Gasteiger partial charge in [0.1, 0.15) is 18.3 Å². The summed E-state index contributed by atoms with van der Waals surface area (Å²) < 4.78 is 24.2. The Labute approximate surface area is 152 Å². The normalized spacial score (nSPS) is 32.4. The van der Waals surface area contributed by atoms with Gasteiger partial charge in [0.2, 0.25) is 0 Å². The van der Waals surface area contributed by atoms with Crippen molar-refractivity contribution in [2.24, 2.45) is 5.92 Å². The molecule has 0 unspecified atom stereocenters. The van der Waals surface area contributed by atoms with E-state index in [1.54, 1.807) is 12.2 Å². The molecule has 1 saturated heterocycles. The van der Waals surface area contributed by atoms with Crippen LogP contribution in [-0.4, -0.2) is 51.9 Å². The number of esters is 1. The number of fused-ring (bicyclic) bond motifs is 2. The molecule has 1 aliphatic heterocycles. The summed E-state index contributed by atoms with van der Waals surface area (Å²) in [5.74, 6) is -0.497. The molecule has 0 spiro atoms. The highest BCUT2D eigenvalue weighted by atomic mass is 28.4. The molecule has 2 fully saturated rings. The zero-order valence-corrected chi connectivity index (χ0v) is 17.1. The smallest absolute Gasteiger partial charge is 0.312 e. The first kappa shape index (κ1) is 20.4. The van der Waals surface area contributed by atoms with Crippen LogP contribution in [-0.2, 0) is 23.4 Å². The summed E-state index contributed by atoms with van der Waals surface area (Å²) in [6.07, 6.45) is 2.66. The van der Waals surface area contributed by atoms with Gasteiger partial charge in [-0.15, -0.1) is 13.2 Å². The topological polar surface area (TPSA) is 54.0 Å². The Bertz CT molecular complexity index is 510. The first-order valence-electron chi connectivity index (χ1n) is 8.95. The molecule has 5 nitrogen and oxygen atoms in total. The van der Waals surface area contributed by atoms with E-state index in [0.29, 0.717) is 19.6 Å². The Kier molecular flexibility index (Phi) is 6.30. The molecule has 0 amide bonds. The monoisotopic (exact) mass is 368 g/mol. The molecule has 2 aliphatic rings. The molecule has 6 heteroatoms. The SMILES string of the molecule is C=CCO[C@@H]1[C@@H](O[Si](C)(C)C(C)(C)C)[C@@H]2C[C@@H](OC2=O)[C@@H]1OCC=C. The van der Waals surface area contributed by atoms with Crippen molar-refractivity contribution < 1.29 is 23.4 Å². The average Bonchev–Trinajstić information content (AvgIpc) is 2.84. The number of rotatable bonds is 8. The molecule has 5 atom stereocenters. The predicted octanol–water partition coefficient (Wildman–Crippen LogP) is 3.46. The molecule has 1 aliphatic carbocycles. The van der Waals surface area contributed by atoms with Crippen molar-refractivity contribution in [3.05, 3.63) is 25.3 Å². The molecule has 2 bridgehead atoms. The fourth-order valence-corrected chi connectivity index (χ4v) is 4.48. The quantitative estimate of drug-likeness (QED) is 0.373. The fraction of sp³-hybridized carbons (Fsp3) is 0.737. The minimum absolute atomic E-state index is 0.0345. The molecule has 142 valence electrons. The van der Waals surface area contributed by atoms with E-state index in [1.807, 2.05) is 0 Å². The summed E-state index contributed by atoms with van der Waals surface area (Å²) in [5, 5.41) is 0.0345. The summed E-state index contributed by atoms with van der Waals surface area (Å²) in [5.41, 5.74) is 0. The van der Waals surface area contributed by atoms with Crippen LogP contribution in [0, 0.1) is 5.92 Å². The van der Waals surface area contributed by atoms with Gasteiger partial charge in [-0.3, -0.25) is 4.79 Å². The van der Waals surface area contributed by atoms with E-state index in [-0.39, 0.29) is 41.3 Å². The lowest BCUT2D eigenvalue weighted by Crippen LogP contribution is -2.58. The van der Waals surface area contributed by atoms with Crippen molar-refractivity contribution in [2.75, 3.05) is 13.2 Å². The number of hydrogen-bond acceptors (Lipinski definition) is 5. The lowest BCUT2D eigenvalue weighted by atomic mass is 9.83. The first-order valence-corrected chi connectivity index (χ1v) is 11.9. The summed E-state index contributed by atoms with van der Waals surface area (Å²) in [6, 6.07) is 0. The maximum Gasteiger partial charge on any atom is 0.312 e. The minimum Gasteiger partial charge on any atom is -0.459 e. The third-order valence-corrected chi connectivity index (χ3v) is 9.99. The molecule has 1 heterocycles. The molecule has 25 heavy (non-hydrogen) atoms. The van der Waals surface area contributed by atoms with Crippen molar-refractivity contribution in [1.82, 2.24) is 0 Å². The van der Waals surface area contributed by atoms with Crippen LogP contribution in [0.2, 0.25) is 18.1 Å². The van der Waals surface area contributed by atoms with Gasteiger partial charge in [-0.2, -0.15) is 0 Å². The van der Waals surface area contributed by atoms with Gasteiger partial charge < -0.3 is 18.6 Å². The molecule has 0 aromatic heterocycles. The van der Waals surface area contributed by atoms with E-state index in [1.165, 1.54) is 0 Å². The second-order valence-electron chi connectivity index (χ2n) is 8.33. The van der Waals surface area contributed by atoms with Crippen LogP contribution < -0.4 is 0 Å². The molecule has 0 aromatic rings. The van der Waals surface area contributed by atoms with Crippen LogP contribution in [0.15, 0.2) is 25.3 Å². The Morgan fingerprint density at radius 2 is 1.68 bits per heavy atom. The third-order valence-electron chi connectivity index (χ3n) is 5.52. The van der Waals surface area contributed by atoms with Crippen LogP contribution in [0.5, 0.6) is 0 Å². The van der Waals surface area contributed by atoms with Crippen molar-refractivity contribution in [2.45, 2.75) is 69.7 Å². The van der Waals surface area contributed by atoms with Gasteiger partial charge in [-0.1, -0.05) is 32.9 Å². The van der Waals surface area contributed by atoms with Crippen molar-refractivity contribution in [1.29, 1.82) is 0 Å². The van der Waals surface area contributed by atoms with E-state index in [9.17, 15) is 4.79 Å². The largest absolute Gasteiger partial charge is 0.459 e. The molecule has 0 radical (unpaired) electrons. The van der Waals surface area contributed by atoms with Gasteiger partial charge in [0, 0.05) is 6.42 Å². The third kappa shape index (κ3) is 4.24. The highest BCUT2D eigenvalue weighted by molar-refractivity contribution is 6.74. The summed E-state index contributed by atoms with van der Waals surface area (Å²) in [7, 11) is -2.09. The van der Waals surface area contributed by atoms with Gasteiger partial charge in [-0.05, 0) is 18.1 Å². The highest BCUT2D eigenvalue weighted by Gasteiger charge is 2.58. The van der Waals surface area contributed by atoms with E-state index in [4.69, 9.17) is 18.6 Å². The maximum absolute atomic E-state index is 12.4. The van der Waals surface area contributed by atoms with Crippen LogP contribution in [0.25, 0.3) is 0 Å². The van der Waals surface area contributed by atoms with Crippen LogP contribution in [0.4, 0.5) is 0 Å². The second-order valence-corrected chi connectivity index (χ2v) is 13.1. The minimum atomic E-state index is -2.09. The highest BCUT2D eigenvalue weighted by Crippen LogP contribution is 2.44. The summed E-state index contributed by atoms with van der Waals surface area (Å²) in [6.45, 7) is 19.1. The number of carbonyl (C=O) groups excluding carboxylic acids is 1. The van der Waals surface area contributed by atoms with Crippen molar-refractivity contribution in [3.8, 4) is 0 Å². The number of ether oxygens (including phenoxy) is 3. The Morgan fingerprint density at radius 3 is 2.20 bits per heavy atom. The van der Waals surface area contributed by atoms with Gasteiger partial charge in [0.15, 0.2) is 8.32 Å². The molecule has 0 N–H and O–H groups in total. The average molecular weight is 369 g/mol. The van der Waals surface area contributed by atoms with Gasteiger partial charge >= 0.3 is 5.97 Å². The predicted molar refractivity (Wildman–Crippen MR) is 99.9 cm³/mol. The zero-order chi connectivity index (χ0) is 18.8. The zero-order valence-electron chi connectivity index (χ0n) is 16.1. The van der Waals surface area contributed by atoms with Gasteiger partial charge in [0.05, 0.1) is 25.2 Å². The lowest BCUT2D eigenvalue weighted by molar-refractivity contribution is -0.158. The standard InChI is InChI=1S/C19H32O5Si/c1-8-10-21-16-14-12-13(18(20)23-14)15(17(16)22-11-9-2)24-25(6,7)19(3,4)5/h8-9,13-17H,1-2,10-12H2,3-7H3/t13-,14+,15-,16-,17+/m0/s1.